The number of nitrogens with zero attached hydrogens (tertiary/aromatic N) is 2. The maximum absolute atomic E-state index is 13.5. The Morgan fingerprint density at radius 2 is 2.04 bits per heavy atom. The number of fused-ring (bicyclic) bond motifs is 1. The van der Waals surface area contributed by atoms with Crippen molar-refractivity contribution in [2.75, 3.05) is 46.3 Å². The summed E-state index contributed by atoms with van der Waals surface area (Å²) in [7, 11) is 2.15. The Morgan fingerprint density at radius 1 is 1.28 bits per heavy atom. The topological polar surface area (TPSA) is 51.4 Å². The van der Waals surface area contributed by atoms with Crippen LogP contribution in [0.25, 0.3) is 10.9 Å². The van der Waals surface area contributed by atoms with Crippen LogP contribution in [0.2, 0.25) is 0 Å². The van der Waals surface area contributed by atoms with Crippen LogP contribution in [0.3, 0.4) is 0 Å². The third kappa shape index (κ3) is 4.58. The van der Waals surface area contributed by atoms with Crippen LogP contribution < -0.4 is 5.32 Å². The number of aromatic nitrogens is 1. The van der Waals surface area contributed by atoms with Crippen molar-refractivity contribution in [3.63, 3.8) is 0 Å². The molecular weight excluding hydrogens is 319 g/mol. The number of aromatic amines is 1. The first-order valence-electron chi connectivity index (χ1n) is 8.97. The number of piperazine rings is 1. The van der Waals surface area contributed by atoms with E-state index in [0.717, 1.165) is 61.3 Å². The predicted octanol–water partition coefficient (Wildman–Crippen LogP) is 1.91. The quantitative estimate of drug-likeness (QED) is 0.786. The largest absolute Gasteiger partial charge is 0.358 e. The molecule has 1 saturated heterocycles. The number of aryl methyl sites for hydroxylation is 1. The molecule has 0 spiro atoms. The van der Waals surface area contributed by atoms with E-state index in [1.165, 1.54) is 12.1 Å². The van der Waals surface area contributed by atoms with E-state index in [9.17, 15) is 9.18 Å². The van der Waals surface area contributed by atoms with Gasteiger partial charge >= 0.3 is 0 Å². The molecule has 3 rings (SSSR count). The fourth-order valence-corrected chi connectivity index (χ4v) is 3.41. The molecule has 1 fully saturated rings. The third-order valence-electron chi connectivity index (χ3n) is 4.99. The standard InChI is InChI=1S/C19H27FN4O/c1-14-16(17-12-15(20)4-5-18(17)22-14)13-19(25)21-6-3-7-24-10-8-23(2)9-11-24/h4-5,12,22H,3,6-11,13H2,1-2H3,(H,21,25). The highest BCUT2D eigenvalue weighted by Gasteiger charge is 2.14. The Balaban J connectivity index is 1.47. The van der Waals surface area contributed by atoms with Gasteiger partial charge in [0.1, 0.15) is 5.82 Å². The summed E-state index contributed by atoms with van der Waals surface area (Å²) in [5.41, 5.74) is 2.68. The Bertz CT molecular complexity index is 734. The van der Waals surface area contributed by atoms with Gasteiger partial charge in [0.15, 0.2) is 0 Å². The van der Waals surface area contributed by atoms with E-state index < -0.39 is 0 Å². The first-order chi connectivity index (χ1) is 12.0. The highest BCUT2D eigenvalue weighted by Crippen LogP contribution is 2.23. The second-order valence-electron chi connectivity index (χ2n) is 6.94. The number of rotatable bonds is 6. The van der Waals surface area contributed by atoms with Gasteiger partial charge in [-0.1, -0.05) is 0 Å². The van der Waals surface area contributed by atoms with Gasteiger partial charge in [-0.25, -0.2) is 4.39 Å². The summed E-state index contributed by atoms with van der Waals surface area (Å²) in [4.78, 5) is 20.2. The van der Waals surface area contributed by atoms with Crippen molar-refractivity contribution in [1.82, 2.24) is 20.1 Å². The van der Waals surface area contributed by atoms with Gasteiger partial charge in [-0.3, -0.25) is 4.79 Å². The normalized spacial score (nSPS) is 16.4. The van der Waals surface area contributed by atoms with Crippen LogP contribution in [-0.2, 0) is 11.2 Å². The van der Waals surface area contributed by atoms with Crippen molar-refractivity contribution in [3.05, 3.63) is 35.3 Å². The summed E-state index contributed by atoms with van der Waals surface area (Å²) in [6.45, 7) is 8.06. The van der Waals surface area contributed by atoms with Gasteiger partial charge in [0.2, 0.25) is 5.91 Å². The Hall–Kier alpha value is -1.92. The molecule has 1 aromatic heterocycles. The van der Waals surface area contributed by atoms with Crippen LogP contribution >= 0.6 is 0 Å². The molecule has 0 bridgehead atoms. The molecule has 1 aliphatic rings. The number of halogens is 1. The number of benzene rings is 1. The minimum Gasteiger partial charge on any atom is -0.358 e. The van der Waals surface area contributed by atoms with Gasteiger partial charge < -0.3 is 20.1 Å². The second kappa shape index (κ2) is 7.97. The van der Waals surface area contributed by atoms with Gasteiger partial charge in [0, 0.05) is 49.3 Å². The average molecular weight is 346 g/mol. The summed E-state index contributed by atoms with van der Waals surface area (Å²) in [6, 6.07) is 4.64. The van der Waals surface area contributed by atoms with Crippen molar-refractivity contribution in [1.29, 1.82) is 0 Å². The van der Waals surface area contributed by atoms with E-state index in [1.54, 1.807) is 6.07 Å². The van der Waals surface area contributed by atoms with Crippen LogP contribution in [0, 0.1) is 12.7 Å². The first kappa shape index (κ1) is 17.9. The number of carbonyl (C=O) groups is 1. The molecule has 0 atom stereocenters. The van der Waals surface area contributed by atoms with Gasteiger partial charge in [0.05, 0.1) is 6.42 Å². The molecule has 1 aliphatic heterocycles. The van der Waals surface area contributed by atoms with E-state index in [-0.39, 0.29) is 18.1 Å². The summed E-state index contributed by atoms with van der Waals surface area (Å²) in [5.74, 6) is -0.285. The third-order valence-corrected chi connectivity index (χ3v) is 4.99. The van der Waals surface area contributed by atoms with Crippen LogP contribution in [0.1, 0.15) is 17.7 Å². The van der Waals surface area contributed by atoms with Crippen molar-refractivity contribution in [3.8, 4) is 0 Å². The predicted molar refractivity (Wildman–Crippen MR) is 98.3 cm³/mol. The lowest BCUT2D eigenvalue weighted by molar-refractivity contribution is -0.120. The number of likely N-dealkylation sites (N-methyl/N-ethyl adjacent to an activating group) is 1. The molecule has 6 heteroatoms. The molecule has 2 heterocycles. The maximum Gasteiger partial charge on any atom is 0.224 e. The molecule has 0 aliphatic carbocycles. The van der Waals surface area contributed by atoms with E-state index >= 15 is 0 Å². The van der Waals surface area contributed by atoms with Crippen LogP contribution in [-0.4, -0.2) is 67.0 Å². The molecule has 0 unspecified atom stereocenters. The van der Waals surface area contributed by atoms with Crippen molar-refractivity contribution in [2.24, 2.45) is 0 Å². The maximum atomic E-state index is 13.5. The zero-order chi connectivity index (χ0) is 17.8. The number of hydrogen-bond donors (Lipinski definition) is 2. The van der Waals surface area contributed by atoms with Gasteiger partial charge in [0.25, 0.3) is 0 Å². The van der Waals surface area contributed by atoms with Crippen LogP contribution in [0.15, 0.2) is 18.2 Å². The van der Waals surface area contributed by atoms with E-state index in [2.05, 4.69) is 27.1 Å². The molecule has 0 saturated carbocycles. The van der Waals surface area contributed by atoms with E-state index in [0.29, 0.717) is 6.54 Å². The molecule has 0 radical (unpaired) electrons. The van der Waals surface area contributed by atoms with Crippen LogP contribution in [0.5, 0.6) is 0 Å². The summed E-state index contributed by atoms with van der Waals surface area (Å²) in [6.07, 6.45) is 1.24. The molecule has 1 amide bonds. The lowest BCUT2D eigenvalue weighted by Crippen LogP contribution is -2.45. The summed E-state index contributed by atoms with van der Waals surface area (Å²) < 4.78 is 13.5. The molecule has 136 valence electrons. The van der Waals surface area contributed by atoms with Crippen molar-refractivity contribution < 1.29 is 9.18 Å². The first-order valence-corrected chi connectivity index (χ1v) is 8.97. The number of nitrogens with one attached hydrogen (secondary N) is 2. The molecule has 1 aromatic carbocycles. The Labute approximate surface area is 148 Å². The van der Waals surface area contributed by atoms with Gasteiger partial charge in [-0.2, -0.15) is 0 Å². The summed E-state index contributed by atoms with van der Waals surface area (Å²) in [5, 5.41) is 3.79. The minimum absolute atomic E-state index is 0.00774. The molecule has 25 heavy (non-hydrogen) atoms. The molecule has 2 N–H and O–H groups in total. The fraction of sp³-hybridized carbons (Fsp3) is 0.526. The minimum atomic E-state index is -0.277. The number of H-pyrrole nitrogens is 1. The van der Waals surface area contributed by atoms with Crippen molar-refractivity contribution in [2.45, 2.75) is 19.8 Å². The molecule has 5 nitrogen and oxygen atoms in total. The second-order valence-corrected chi connectivity index (χ2v) is 6.94. The van der Waals surface area contributed by atoms with Crippen LogP contribution in [0.4, 0.5) is 4.39 Å². The smallest absolute Gasteiger partial charge is 0.224 e. The lowest BCUT2D eigenvalue weighted by Gasteiger charge is -2.32. The molecular formula is C19H27FN4O. The number of carbonyl (C=O) groups excluding carboxylic acids is 1. The van der Waals surface area contributed by atoms with E-state index in [1.807, 2.05) is 6.92 Å². The highest BCUT2D eigenvalue weighted by molar-refractivity contribution is 5.90. The zero-order valence-corrected chi connectivity index (χ0v) is 15.1. The zero-order valence-electron chi connectivity index (χ0n) is 15.1. The number of hydrogen-bond acceptors (Lipinski definition) is 3. The van der Waals surface area contributed by atoms with Gasteiger partial charge in [-0.15, -0.1) is 0 Å². The number of amides is 1. The Kier molecular flexibility index (Phi) is 5.71. The highest BCUT2D eigenvalue weighted by atomic mass is 19.1. The van der Waals surface area contributed by atoms with Gasteiger partial charge in [-0.05, 0) is 50.7 Å². The Morgan fingerprint density at radius 3 is 2.80 bits per heavy atom. The fourth-order valence-electron chi connectivity index (χ4n) is 3.41. The monoisotopic (exact) mass is 346 g/mol. The van der Waals surface area contributed by atoms with E-state index in [4.69, 9.17) is 0 Å². The SMILES string of the molecule is Cc1[nH]c2ccc(F)cc2c1CC(=O)NCCCN1CCN(C)CC1. The molecule has 2 aromatic rings. The lowest BCUT2D eigenvalue weighted by atomic mass is 10.1. The average Bonchev–Trinajstić information content (AvgIpc) is 2.89. The summed E-state index contributed by atoms with van der Waals surface area (Å²) >= 11 is 0. The van der Waals surface area contributed by atoms with Crippen molar-refractivity contribution >= 4 is 16.8 Å².